The van der Waals surface area contributed by atoms with E-state index in [1.54, 1.807) is 0 Å². The normalized spacial score (nSPS) is 11.6. The number of methoxy groups -OCH3 is 1. The molecule has 1 aromatic carbocycles. The van der Waals surface area contributed by atoms with Gasteiger partial charge in [-0.2, -0.15) is 5.26 Å². The van der Waals surface area contributed by atoms with Crippen molar-refractivity contribution in [2.45, 2.75) is 26.3 Å². The lowest BCUT2D eigenvalue weighted by molar-refractivity contribution is -0.384. The zero-order valence-corrected chi connectivity index (χ0v) is 12.1. The zero-order chi connectivity index (χ0) is 16.0. The number of benzene rings is 1. The number of hydrogen-bond donors (Lipinski definition) is 1. The topological polar surface area (TPSA) is 105 Å². The summed E-state index contributed by atoms with van der Waals surface area (Å²) in [5.41, 5.74) is 0.132. The van der Waals surface area contributed by atoms with Gasteiger partial charge in [0.15, 0.2) is 0 Å². The predicted octanol–water partition coefficient (Wildman–Crippen LogP) is 2.47. The van der Waals surface area contributed by atoms with Crippen molar-refractivity contribution < 1.29 is 14.5 Å². The molecule has 0 heterocycles. The molecule has 0 amide bonds. The molecule has 1 atom stereocenters. The van der Waals surface area contributed by atoms with Crippen LogP contribution in [0.1, 0.15) is 25.8 Å². The van der Waals surface area contributed by atoms with E-state index < -0.39 is 16.9 Å². The first-order chi connectivity index (χ1) is 9.88. The highest BCUT2D eigenvalue weighted by atomic mass is 16.6. The maximum absolute atomic E-state index is 11.7. The molecule has 0 aliphatic carbocycles. The van der Waals surface area contributed by atoms with Gasteiger partial charge in [0.05, 0.1) is 23.7 Å². The summed E-state index contributed by atoms with van der Waals surface area (Å²) in [5, 5.41) is 22.7. The Kier molecular flexibility index (Phi) is 5.67. The van der Waals surface area contributed by atoms with Crippen LogP contribution in [0.5, 0.6) is 0 Å². The minimum atomic E-state index is -0.679. The van der Waals surface area contributed by atoms with Crippen molar-refractivity contribution in [3.05, 3.63) is 33.9 Å². The van der Waals surface area contributed by atoms with Crippen molar-refractivity contribution in [3.63, 3.8) is 0 Å². The van der Waals surface area contributed by atoms with Crippen LogP contribution in [0.2, 0.25) is 0 Å². The van der Waals surface area contributed by atoms with Crippen LogP contribution in [0.4, 0.5) is 11.4 Å². The first kappa shape index (κ1) is 16.4. The summed E-state index contributed by atoms with van der Waals surface area (Å²) in [5.74, 6) is -0.276. The van der Waals surface area contributed by atoms with Crippen molar-refractivity contribution in [2.75, 3.05) is 12.4 Å². The van der Waals surface area contributed by atoms with Gasteiger partial charge in [0.25, 0.3) is 5.69 Å². The maximum Gasteiger partial charge on any atom is 0.328 e. The Morgan fingerprint density at radius 1 is 1.52 bits per heavy atom. The Balaban J connectivity index is 3.11. The second-order valence-electron chi connectivity index (χ2n) is 4.95. The van der Waals surface area contributed by atoms with E-state index >= 15 is 0 Å². The van der Waals surface area contributed by atoms with E-state index in [0.29, 0.717) is 6.42 Å². The number of carbonyl (C=O) groups excluding carboxylic acids is 1. The van der Waals surface area contributed by atoms with Crippen molar-refractivity contribution in [2.24, 2.45) is 5.92 Å². The Labute approximate surface area is 122 Å². The average Bonchev–Trinajstić information content (AvgIpc) is 2.45. The minimum Gasteiger partial charge on any atom is -0.467 e. The third kappa shape index (κ3) is 4.45. The van der Waals surface area contributed by atoms with E-state index in [4.69, 9.17) is 10.00 Å². The van der Waals surface area contributed by atoms with Gasteiger partial charge in [0.1, 0.15) is 11.7 Å². The molecule has 0 aliphatic heterocycles. The van der Waals surface area contributed by atoms with Crippen LogP contribution in [-0.2, 0) is 9.53 Å². The minimum absolute atomic E-state index is 0.186. The number of esters is 1. The lowest BCUT2D eigenvalue weighted by atomic mass is 10.0. The third-order valence-electron chi connectivity index (χ3n) is 2.85. The van der Waals surface area contributed by atoms with Crippen LogP contribution in [0, 0.1) is 27.4 Å². The number of nitrogens with one attached hydrogen (secondary N) is 1. The number of nitro groups is 1. The SMILES string of the molecule is COC(=O)C(CC(C)C)Nc1ccc(C#N)cc1[N+](=O)[O-]. The monoisotopic (exact) mass is 291 g/mol. The number of ether oxygens (including phenoxy) is 1. The van der Waals surface area contributed by atoms with Crippen LogP contribution < -0.4 is 5.32 Å². The second-order valence-corrected chi connectivity index (χ2v) is 4.95. The molecule has 0 saturated heterocycles. The van der Waals surface area contributed by atoms with Crippen molar-refractivity contribution in [1.82, 2.24) is 0 Å². The highest BCUT2D eigenvalue weighted by molar-refractivity contribution is 5.80. The molecular weight excluding hydrogens is 274 g/mol. The largest absolute Gasteiger partial charge is 0.467 e. The lowest BCUT2D eigenvalue weighted by Crippen LogP contribution is -2.32. The van der Waals surface area contributed by atoms with Gasteiger partial charge in [-0.3, -0.25) is 10.1 Å². The smallest absolute Gasteiger partial charge is 0.328 e. The summed E-state index contributed by atoms with van der Waals surface area (Å²) in [6.45, 7) is 3.87. The fourth-order valence-electron chi connectivity index (χ4n) is 1.89. The quantitative estimate of drug-likeness (QED) is 0.490. The molecule has 7 heteroatoms. The molecule has 0 bridgehead atoms. The predicted molar refractivity (Wildman–Crippen MR) is 76.7 cm³/mol. The molecule has 1 N–H and O–H groups in total. The molecule has 0 fully saturated rings. The number of nitrogens with zero attached hydrogens (tertiary/aromatic N) is 2. The first-order valence-electron chi connectivity index (χ1n) is 6.42. The van der Waals surface area contributed by atoms with E-state index in [0.717, 1.165) is 0 Å². The summed E-state index contributed by atoms with van der Waals surface area (Å²) in [4.78, 5) is 22.2. The first-order valence-corrected chi connectivity index (χ1v) is 6.42. The molecular formula is C14H17N3O4. The van der Waals surface area contributed by atoms with E-state index in [9.17, 15) is 14.9 Å². The number of anilines is 1. The van der Waals surface area contributed by atoms with E-state index in [2.05, 4.69) is 5.32 Å². The Hall–Kier alpha value is -2.62. The van der Waals surface area contributed by atoms with Crippen LogP contribution in [0.3, 0.4) is 0 Å². The molecule has 1 unspecified atom stereocenters. The highest BCUT2D eigenvalue weighted by Gasteiger charge is 2.24. The second kappa shape index (κ2) is 7.24. The van der Waals surface area contributed by atoms with Crippen LogP contribution >= 0.6 is 0 Å². The average molecular weight is 291 g/mol. The summed E-state index contributed by atoms with van der Waals surface area (Å²) >= 11 is 0. The van der Waals surface area contributed by atoms with Crippen LogP contribution in [-0.4, -0.2) is 24.0 Å². The number of nitriles is 1. The molecule has 0 saturated carbocycles. The molecule has 0 spiro atoms. The number of rotatable bonds is 6. The van der Waals surface area contributed by atoms with E-state index in [-0.39, 0.29) is 22.9 Å². The molecule has 21 heavy (non-hydrogen) atoms. The fraction of sp³-hybridized carbons (Fsp3) is 0.429. The van der Waals surface area contributed by atoms with Gasteiger partial charge in [0, 0.05) is 6.07 Å². The molecule has 1 aromatic rings. The van der Waals surface area contributed by atoms with Gasteiger partial charge in [-0.05, 0) is 24.5 Å². The molecule has 112 valence electrons. The summed E-state index contributed by atoms with van der Waals surface area (Å²) in [7, 11) is 1.27. The number of hydrogen-bond acceptors (Lipinski definition) is 6. The standard InChI is InChI=1S/C14H17N3O4/c1-9(2)6-12(14(18)21-3)16-11-5-4-10(8-15)7-13(11)17(19)20/h4-5,7,9,12,16H,6H2,1-3H3. The van der Waals surface area contributed by atoms with Gasteiger partial charge in [0.2, 0.25) is 0 Å². The molecule has 0 aromatic heterocycles. The third-order valence-corrected chi connectivity index (χ3v) is 2.85. The van der Waals surface area contributed by atoms with Crippen molar-refractivity contribution >= 4 is 17.3 Å². The van der Waals surface area contributed by atoms with Crippen LogP contribution in [0.15, 0.2) is 18.2 Å². The van der Waals surface area contributed by atoms with Crippen LogP contribution in [0.25, 0.3) is 0 Å². The van der Waals surface area contributed by atoms with Gasteiger partial charge >= 0.3 is 5.97 Å². The van der Waals surface area contributed by atoms with Gasteiger partial charge in [-0.25, -0.2) is 4.79 Å². The van der Waals surface area contributed by atoms with Crippen molar-refractivity contribution in [1.29, 1.82) is 5.26 Å². The van der Waals surface area contributed by atoms with Gasteiger partial charge in [-0.1, -0.05) is 13.8 Å². The lowest BCUT2D eigenvalue weighted by Gasteiger charge is -2.19. The van der Waals surface area contributed by atoms with Gasteiger partial charge in [-0.15, -0.1) is 0 Å². The molecule has 0 radical (unpaired) electrons. The Bertz CT molecular complexity index is 578. The van der Waals surface area contributed by atoms with Gasteiger partial charge < -0.3 is 10.1 Å². The summed E-state index contributed by atoms with van der Waals surface area (Å²) in [6.07, 6.45) is 0.476. The number of carbonyl (C=O) groups is 1. The summed E-state index contributed by atoms with van der Waals surface area (Å²) < 4.78 is 4.71. The Morgan fingerprint density at radius 2 is 2.19 bits per heavy atom. The van der Waals surface area contributed by atoms with Crippen molar-refractivity contribution in [3.8, 4) is 6.07 Å². The zero-order valence-electron chi connectivity index (χ0n) is 12.1. The fourth-order valence-corrected chi connectivity index (χ4v) is 1.89. The number of nitro benzene ring substituents is 1. The molecule has 7 nitrogen and oxygen atoms in total. The summed E-state index contributed by atoms with van der Waals surface area (Å²) in [6, 6.07) is 5.22. The molecule has 0 aliphatic rings. The highest BCUT2D eigenvalue weighted by Crippen LogP contribution is 2.27. The van der Waals surface area contributed by atoms with E-state index in [1.807, 2.05) is 19.9 Å². The maximum atomic E-state index is 11.7. The van der Waals surface area contributed by atoms with E-state index in [1.165, 1.54) is 25.3 Å². The Morgan fingerprint density at radius 3 is 2.67 bits per heavy atom. The molecule has 1 rings (SSSR count).